The first-order valence-electron chi connectivity index (χ1n) is 7.31. The van der Waals surface area contributed by atoms with Crippen LogP contribution < -0.4 is 0 Å². The van der Waals surface area contributed by atoms with Crippen LogP contribution in [0.2, 0.25) is 0 Å². The zero-order chi connectivity index (χ0) is 13.9. The van der Waals surface area contributed by atoms with Gasteiger partial charge in [0.15, 0.2) is 5.70 Å². The van der Waals surface area contributed by atoms with Crippen molar-refractivity contribution in [3.63, 3.8) is 0 Å². The zero-order valence-electron chi connectivity index (χ0n) is 11.8. The lowest BCUT2D eigenvalue weighted by Crippen LogP contribution is -2.19. The molecule has 1 aromatic rings. The Kier molecular flexibility index (Phi) is 3.68. The zero-order valence-corrected chi connectivity index (χ0v) is 11.8. The Morgan fingerprint density at radius 2 is 1.85 bits per heavy atom. The van der Waals surface area contributed by atoms with Crippen molar-refractivity contribution >= 4 is 17.9 Å². The van der Waals surface area contributed by atoms with Crippen LogP contribution in [0, 0.1) is 12.8 Å². The summed E-state index contributed by atoms with van der Waals surface area (Å²) in [6.45, 7) is 2.04. The van der Waals surface area contributed by atoms with E-state index in [0.29, 0.717) is 17.5 Å². The van der Waals surface area contributed by atoms with E-state index in [1.165, 1.54) is 24.8 Å². The molecular formula is C17H19NO2. The topological polar surface area (TPSA) is 38.7 Å². The molecule has 1 aliphatic carbocycles. The highest BCUT2D eigenvalue weighted by Crippen LogP contribution is 2.29. The van der Waals surface area contributed by atoms with E-state index in [4.69, 9.17) is 4.74 Å². The van der Waals surface area contributed by atoms with Crippen LogP contribution in [0.3, 0.4) is 0 Å². The minimum absolute atomic E-state index is 0.314. The third-order valence-corrected chi connectivity index (χ3v) is 3.97. The quantitative estimate of drug-likeness (QED) is 0.604. The lowest BCUT2D eigenvalue weighted by molar-refractivity contribution is -0.130. The average Bonchev–Trinajstić information content (AvgIpc) is 2.84. The second-order valence-corrected chi connectivity index (χ2v) is 5.61. The highest BCUT2D eigenvalue weighted by atomic mass is 16.6. The maximum Gasteiger partial charge on any atom is 0.363 e. The Morgan fingerprint density at radius 1 is 1.15 bits per heavy atom. The molecule has 0 saturated heterocycles. The van der Waals surface area contributed by atoms with Gasteiger partial charge in [-0.25, -0.2) is 9.79 Å². The number of aryl methyl sites for hydroxylation is 1. The normalized spacial score (nSPS) is 21.9. The highest BCUT2D eigenvalue weighted by Gasteiger charge is 2.29. The molecule has 1 fully saturated rings. The molecule has 0 bridgehead atoms. The number of carbonyl (C=O) groups excluding carboxylic acids is 1. The van der Waals surface area contributed by atoms with Gasteiger partial charge in [-0.15, -0.1) is 0 Å². The molecule has 2 aliphatic rings. The van der Waals surface area contributed by atoms with Crippen LogP contribution in [-0.4, -0.2) is 11.9 Å². The first kappa shape index (κ1) is 13.1. The van der Waals surface area contributed by atoms with Crippen LogP contribution in [0.25, 0.3) is 6.08 Å². The number of hydrogen-bond acceptors (Lipinski definition) is 3. The van der Waals surface area contributed by atoms with Crippen molar-refractivity contribution in [2.45, 2.75) is 39.0 Å². The van der Waals surface area contributed by atoms with E-state index >= 15 is 0 Å². The maximum atomic E-state index is 11.9. The molecule has 0 N–H and O–H groups in total. The molecule has 0 atom stereocenters. The van der Waals surface area contributed by atoms with Crippen LogP contribution in [0.5, 0.6) is 0 Å². The van der Waals surface area contributed by atoms with Crippen molar-refractivity contribution in [3.05, 3.63) is 41.1 Å². The molecule has 0 radical (unpaired) electrons. The number of benzene rings is 1. The van der Waals surface area contributed by atoms with Gasteiger partial charge in [0.05, 0.1) is 0 Å². The van der Waals surface area contributed by atoms with Crippen molar-refractivity contribution < 1.29 is 9.53 Å². The van der Waals surface area contributed by atoms with Crippen LogP contribution in [0.1, 0.15) is 43.2 Å². The fourth-order valence-electron chi connectivity index (χ4n) is 2.77. The number of carbonyl (C=O) groups is 1. The SMILES string of the molecule is Cc1ccc(/C=C2\N=C(C3CCCCC3)OC2=O)cc1. The first-order valence-corrected chi connectivity index (χ1v) is 7.31. The molecule has 1 aliphatic heterocycles. The van der Waals surface area contributed by atoms with E-state index in [1.807, 2.05) is 31.2 Å². The third kappa shape index (κ3) is 2.82. The Hall–Kier alpha value is -1.90. The summed E-state index contributed by atoms with van der Waals surface area (Å²) >= 11 is 0. The second-order valence-electron chi connectivity index (χ2n) is 5.61. The van der Waals surface area contributed by atoms with Crippen LogP contribution in [0.4, 0.5) is 0 Å². The van der Waals surface area contributed by atoms with Gasteiger partial charge in [-0.2, -0.15) is 0 Å². The molecule has 0 aromatic heterocycles. The number of esters is 1. The number of hydrogen-bond donors (Lipinski definition) is 0. The van der Waals surface area contributed by atoms with Crippen LogP contribution >= 0.6 is 0 Å². The Labute approximate surface area is 119 Å². The van der Waals surface area contributed by atoms with Crippen molar-refractivity contribution in [2.24, 2.45) is 10.9 Å². The van der Waals surface area contributed by atoms with E-state index < -0.39 is 0 Å². The minimum atomic E-state index is -0.314. The molecule has 0 unspecified atom stereocenters. The van der Waals surface area contributed by atoms with Gasteiger partial charge in [0.2, 0.25) is 5.90 Å². The van der Waals surface area contributed by atoms with Gasteiger partial charge in [-0.1, -0.05) is 49.1 Å². The highest BCUT2D eigenvalue weighted by molar-refractivity contribution is 6.07. The van der Waals surface area contributed by atoms with E-state index in [-0.39, 0.29) is 5.97 Å². The van der Waals surface area contributed by atoms with Gasteiger partial charge in [0.1, 0.15) is 0 Å². The molecule has 1 heterocycles. The van der Waals surface area contributed by atoms with Crippen molar-refractivity contribution in [1.82, 2.24) is 0 Å². The van der Waals surface area contributed by atoms with E-state index in [9.17, 15) is 4.79 Å². The molecule has 3 heteroatoms. The molecule has 3 nitrogen and oxygen atoms in total. The predicted molar refractivity (Wildman–Crippen MR) is 79.3 cm³/mol. The van der Waals surface area contributed by atoms with Gasteiger partial charge in [-0.3, -0.25) is 0 Å². The molecule has 1 saturated carbocycles. The van der Waals surface area contributed by atoms with E-state index in [0.717, 1.165) is 18.4 Å². The van der Waals surface area contributed by atoms with Gasteiger partial charge >= 0.3 is 5.97 Å². The van der Waals surface area contributed by atoms with E-state index in [2.05, 4.69) is 4.99 Å². The Balaban J connectivity index is 1.80. The summed E-state index contributed by atoms with van der Waals surface area (Å²) in [6.07, 6.45) is 7.67. The maximum absolute atomic E-state index is 11.9. The van der Waals surface area contributed by atoms with Crippen molar-refractivity contribution in [1.29, 1.82) is 0 Å². The fourth-order valence-corrected chi connectivity index (χ4v) is 2.77. The fraction of sp³-hybridized carbons (Fsp3) is 0.412. The summed E-state index contributed by atoms with van der Waals surface area (Å²) in [4.78, 5) is 16.3. The Bertz CT molecular complexity index is 563. The lowest BCUT2D eigenvalue weighted by atomic mass is 9.89. The summed E-state index contributed by atoms with van der Waals surface area (Å²) in [7, 11) is 0. The molecule has 3 rings (SSSR count). The number of nitrogens with zero attached hydrogens (tertiary/aromatic N) is 1. The van der Waals surface area contributed by atoms with Gasteiger partial charge in [-0.05, 0) is 31.4 Å². The largest absolute Gasteiger partial charge is 0.406 e. The molecule has 1 aromatic carbocycles. The van der Waals surface area contributed by atoms with Crippen LogP contribution in [-0.2, 0) is 9.53 Å². The van der Waals surface area contributed by atoms with Gasteiger partial charge in [0.25, 0.3) is 0 Å². The molecule has 0 amide bonds. The van der Waals surface area contributed by atoms with Crippen molar-refractivity contribution in [2.75, 3.05) is 0 Å². The number of rotatable bonds is 2. The summed E-state index contributed by atoms with van der Waals surface area (Å²) in [5.41, 5.74) is 2.61. The summed E-state index contributed by atoms with van der Waals surface area (Å²) in [5.74, 6) is 0.649. The van der Waals surface area contributed by atoms with Gasteiger partial charge < -0.3 is 4.74 Å². The molecule has 20 heavy (non-hydrogen) atoms. The molecular weight excluding hydrogens is 250 g/mol. The predicted octanol–water partition coefficient (Wildman–Crippen LogP) is 3.87. The summed E-state index contributed by atoms with van der Waals surface area (Å²) in [5, 5.41) is 0. The minimum Gasteiger partial charge on any atom is -0.406 e. The average molecular weight is 269 g/mol. The van der Waals surface area contributed by atoms with Gasteiger partial charge in [0, 0.05) is 5.92 Å². The number of cyclic esters (lactones) is 1. The lowest BCUT2D eigenvalue weighted by Gasteiger charge is -2.19. The number of aliphatic imine (C=N–C) groups is 1. The first-order chi connectivity index (χ1) is 9.72. The monoisotopic (exact) mass is 269 g/mol. The third-order valence-electron chi connectivity index (χ3n) is 3.97. The van der Waals surface area contributed by atoms with Crippen LogP contribution in [0.15, 0.2) is 35.0 Å². The van der Waals surface area contributed by atoms with Crippen molar-refractivity contribution in [3.8, 4) is 0 Å². The smallest absolute Gasteiger partial charge is 0.363 e. The summed E-state index contributed by atoms with van der Waals surface area (Å²) in [6, 6.07) is 8.03. The standard InChI is InChI=1S/C17H19NO2/c1-12-7-9-13(10-8-12)11-15-17(19)20-16(18-15)14-5-3-2-4-6-14/h7-11,14H,2-6H2,1H3/b15-11-. The summed E-state index contributed by atoms with van der Waals surface area (Å²) < 4.78 is 5.35. The second kappa shape index (κ2) is 5.61. The Morgan fingerprint density at radius 3 is 2.55 bits per heavy atom. The van der Waals surface area contributed by atoms with E-state index in [1.54, 1.807) is 6.08 Å². The molecule has 0 spiro atoms. The number of ether oxygens (including phenoxy) is 1. The molecule has 104 valence electrons.